The second-order valence-corrected chi connectivity index (χ2v) is 5.08. The van der Waals surface area contributed by atoms with Crippen LogP contribution in [0.4, 0.5) is 0 Å². The predicted octanol–water partition coefficient (Wildman–Crippen LogP) is 2.54. The second-order valence-electron chi connectivity index (χ2n) is 5.08. The van der Waals surface area contributed by atoms with Gasteiger partial charge in [0.25, 0.3) is 0 Å². The first kappa shape index (κ1) is 14.3. The molecule has 0 radical (unpaired) electrons. The monoisotopic (exact) mass is 291 g/mol. The van der Waals surface area contributed by atoms with Crippen LogP contribution in [0.25, 0.3) is 10.4 Å². The third-order valence-electron chi connectivity index (χ3n) is 3.80. The first-order chi connectivity index (χ1) is 10.2. The Kier molecular flexibility index (Phi) is 4.10. The van der Waals surface area contributed by atoms with Crippen molar-refractivity contribution < 1.29 is 18.9 Å². The van der Waals surface area contributed by atoms with Gasteiger partial charge in [0.1, 0.15) is 18.2 Å². The third-order valence-corrected chi connectivity index (χ3v) is 3.80. The Hall–Kier alpha value is -1.63. The lowest BCUT2D eigenvalue weighted by Gasteiger charge is -2.38. The van der Waals surface area contributed by atoms with Crippen LogP contribution >= 0.6 is 0 Å². The van der Waals surface area contributed by atoms with Crippen LogP contribution in [0.15, 0.2) is 35.4 Å². The molecule has 0 N–H and O–H groups in total. The van der Waals surface area contributed by atoms with Gasteiger partial charge in [-0.05, 0) is 12.5 Å². The molecule has 112 valence electrons. The van der Waals surface area contributed by atoms with E-state index < -0.39 is 18.6 Å². The van der Waals surface area contributed by atoms with Crippen LogP contribution in [0.2, 0.25) is 0 Å². The van der Waals surface area contributed by atoms with Gasteiger partial charge in [-0.2, -0.15) is 0 Å². The molecule has 2 aliphatic heterocycles. The fraction of sp³-hybridized carbons (Fsp3) is 0.571. The maximum absolute atomic E-state index is 8.75. The number of ether oxygens (including phenoxy) is 4. The Balaban J connectivity index is 1.85. The van der Waals surface area contributed by atoms with Gasteiger partial charge >= 0.3 is 0 Å². The highest BCUT2D eigenvalue weighted by molar-refractivity contribution is 5.17. The molecule has 7 heteroatoms. The lowest BCUT2D eigenvalue weighted by molar-refractivity contribution is -0.224. The van der Waals surface area contributed by atoms with Gasteiger partial charge in [-0.15, -0.1) is 0 Å². The van der Waals surface area contributed by atoms with E-state index in [0.717, 1.165) is 5.56 Å². The molecule has 1 aromatic rings. The van der Waals surface area contributed by atoms with Crippen molar-refractivity contribution in [1.82, 2.24) is 0 Å². The first-order valence-electron chi connectivity index (χ1n) is 6.83. The van der Waals surface area contributed by atoms with Crippen molar-refractivity contribution in [3.63, 3.8) is 0 Å². The number of azide groups is 1. The Morgan fingerprint density at radius 2 is 1.86 bits per heavy atom. The van der Waals surface area contributed by atoms with Crippen molar-refractivity contribution in [3.8, 4) is 0 Å². The summed E-state index contributed by atoms with van der Waals surface area (Å²) in [6.45, 7) is 1.90. The van der Waals surface area contributed by atoms with E-state index in [-0.39, 0.29) is 18.3 Å². The van der Waals surface area contributed by atoms with E-state index in [1.807, 2.05) is 37.3 Å². The summed E-state index contributed by atoms with van der Waals surface area (Å²) in [6, 6.07) is 9.07. The van der Waals surface area contributed by atoms with Gasteiger partial charge in [-0.3, -0.25) is 0 Å². The van der Waals surface area contributed by atoms with Crippen molar-refractivity contribution in [1.29, 1.82) is 0 Å². The Bertz CT molecular complexity index is 534. The summed E-state index contributed by atoms with van der Waals surface area (Å²) < 4.78 is 22.9. The molecule has 3 rings (SSSR count). The molecular weight excluding hydrogens is 274 g/mol. The van der Waals surface area contributed by atoms with Crippen molar-refractivity contribution >= 4 is 0 Å². The summed E-state index contributed by atoms with van der Waals surface area (Å²) in [6.07, 6.45) is -2.01. The van der Waals surface area contributed by atoms with Crippen LogP contribution < -0.4 is 0 Å². The van der Waals surface area contributed by atoms with E-state index in [0.29, 0.717) is 0 Å². The minimum Gasteiger partial charge on any atom is -0.355 e. The summed E-state index contributed by atoms with van der Waals surface area (Å²) >= 11 is 0. The number of fused-ring (bicyclic) bond motifs is 1. The average Bonchev–Trinajstić information content (AvgIpc) is 2.97. The Labute approximate surface area is 122 Å². The lowest BCUT2D eigenvalue weighted by atomic mass is 9.98. The van der Waals surface area contributed by atoms with E-state index in [1.54, 1.807) is 0 Å². The van der Waals surface area contributed by atoms with E-state index in [4.69, 9.17) is 24.5 Å². The van der Waals surface area contributed by atoms with Gasteiger partial charge in [-0.1, -0.05) is 35.4 Å². The number of rotatable bonds is 3. The van der Waals surface area contributed by atoms with Crippen LogP contribution in [0, 0.1) is 0 Å². The largest absolute Gasteiger partial charge is 0.355 e. The summed E-state index contributed by atoms with van der Waals surface area (Å²) in [5, 5.41) is 3.77. The minimum absolute atomic E-state index is 0.209. The maximum atomic E-state index is 8.75. The number of nitrogens with zero attached hydrogens (tertiary/aromatic N) is 3. The number of methoxy groups -OCH3 is 1. The molecule has 2 saturated heterocycles. The molecule has 0 amide bonds. The molecule has 2 aliphatic rings. The van der Waals surface area contributed by atoms with Crippen LogP contribution in [0.3, 0.4) is 0 Å². The molecule has 0 bridgehead atoms. The van der Waals surface area contributed by atoms with Crippen LogP contribution in [-0.4, -0.2) is 37.8 Å². The van der Waals surface area contributed by atoms with Gasteiger partial charge in [-0.25, -0.2) is 0 Å². The van der Waals surface area contributed by atoms with Crippen LogP contribution in [0.1, 0.15) is 18.8 Å². The lowest BCUT2D eigenvalue weighted by Crippen LogP contribution is -2.54. The first-order valence-corrected chi connectivity index (χ1v) is 6.83. The minimum atomic E-state index is -0.629. The highest BCUT2D eigenvalue weighted by atomic mass is 16.8. The van der Waals surface area contributed by atoms with Gasteiger partial charge in [0.05, 0.1) is 6.10 Å². The molecule has 1 aromatic carbocycles. The second kappa shape index (κ2) is 6.01. The molecule has 0 saturated carbocycles. The quantitative estimate of drug-likeness (QED) is 0.486. The van der Waals surface area contributed by atoms with E-state index >= 15 is 0 Å². The smallest absolute Gasteiger partial charge is 0.184 e. The topological polar surface area (TPSA) is 85.7 Å². The van der Waals surface area contributed by atoms with Gasteiger partial charge < -0.3 is 18.9 Å². The fourth-order valence-electron chi connectivity index (χ4n) is 2.79. The summed E-state index contributed by atoms with van der Waals surface area (Å²) in [5.41, 5.74) is 9.68. The molecule has 0 aliphatic carbocycles. The van der Waals surface area contributed by atoms with Crippen molar-refractivity contribution in [2.24, 2.45) is 5.11 Å². The van der Waals surface area contributed by atoms with Gasteiger partial charge in [0.2, 0.25) is 0 Å². The fourth-order valence-corrected chi connectivity index (χ4v) is 2.79. The molecule has 0 aromatic heterocycles. The number of benzene rings is 1. The maximum Gasteiger partial charge on any atom is 0.184 e. The molecular formula is C14H17N3O4. The zero-order chi connectivity index (χ0) is 14.8. The highest BCUT2D eigenvalue weighted by Gasteiger charge is 2.51. The molecule has 21 heavy (non-hydrogen) atoms. The normalized spacial score (nSPS) is 38.6. The summed E-state index contributed by atoms with van der Waals surface area (Å²) in [7, 11) is 1.52. The van der Waals surface area contributed by atoms with Crippen molar-refractivity contribution in [3.05, 3.63) is 46.3 Å². The number of hydrogen-bond donors (Lipinski definition) is 0. The SMILES string of the molecule is CO[C@@H]1O[C@H](C)[C@@H]2OC(c3ccccc3)O[C@@H]2[C@H]1N=[N+]=[N-]. The van der Waals surface area contributed by atoms with E-state index in [1.165, 1.54) is 7.11 Å². The highest BCUT2D eigenvalue weighted by Crippen LogP contribution is 2.40. The molecule has 0 spiro atoms. The van der Waals surface area contributed by atoms with Crippen molar-refractivity contribution in [2.75, 3.05) is 7.11 Å². The number of hydrogen-bond acceptors (Lipinski definition) is 5. The summed E-state index contributed by atoms with van der Waals surface area (Å²) in [4.78, 5) is 2.87. The zero-order valence-corrected chi connectivity index (χ0v) is 11.8. The van der Waals surface area contributed by atoms with E-state index in [2.05, 4.69) is 10.0 Å². The zero-order valence-electron chi connectivity index (χ0n) is 11.8. The van der Waals surface area contributed by atoms with Crippen molar-refractivity contribution in [2.45, 2.75) is 43.9 Å². The molecule has 2 fully saturated rings. The third kappa shape index (κ3) is 2.62. The van der Waals surface area contributed by atoms with Crippen LogP contribution in [-0.2, 0) is 18.9 Å². The summed E-state index contributed by atoms with van der Waals surface area (Å²) in [5.74, 6) is 0. The van der Waals surface area contributed by atoms with Gasteiger partial charge in [0, 0.05) is 17.6 Å². The van der Waals surface area contributed by atoms with Gasteiger partial charge in [0.15, 0.2) is 12.6 Å². The Morgan fingerprint density at radius 3 is 2.52 bits per heavy atom. The standard InChI is InChI=1S/C14H17N3O4/c1-8-11-12(10(16-17-15)14(18-2)19-8)21-13(20-11)9-6-4-3-5-7-9/h3-8,10-14H,1-2H3/t8-,10-,11+,12-,13?,14-/m1/s1. The molecule has 2 heterocycles. The van der Waals surface area contributed by atoms with Crippen LogP contribution in [0.5, 0.6) is 0 Å². The Morgan fingerprint density at radius 1 is 1.14 bits per heavy atom. The average molecular weight is 291 g/mol. The molecule has 1 unspecified atom stereocenters. The molecule has 6 atom stereocenters. The predicted molar refractivity (Wildman–Crippen MR) is 73.2 cm³/mol. The van der Waals surface area contributed by atoms with E-state index in [9.17, 15) is 0 Å². The molecule has 7 nitrogen and oxygen atoms in total.